The van der Waals surface area contributed by atoms with Gasteiger partial charge in [0.25, 0.3) is 5.56 Å². The van der Waals surface area contributed by atoms with Crippen molar-refractivity contribution in [3.05, 3.63) is 75.7 Å². The Balaban J connectivity index is 1.43. The molecule has 4 nitrogen and oxygen atoms in total. The topological polar surface area (TPSA) is 42.3 Å². The van der Waals surface area contributed by atoms with Crippen LogP contribution in [0, 0.1) is 11.8 Å². The number of rotatable bonds is 4. The van der Waals surface area contributed by atoms with Gasteiger partial charge in [0.15, 0.2) is 0 Å². The summed E-state index contributed by atoms with van der Waals surface area (Å²) in [5.74, 6) is 1.32. The van der Waals surface area contributed by atoms with E-state index in [9.17, 15) is 9.59 Å². The van der Waals surface area contributed by atoms with E-state index in [-0.39, 0.29) is 17.4 Å². The number of amides is 1. The van der Waals surface area contributed by atoms with Crippen molar-refractivity contribution in [2.75, 3.05) is 13.1 Å². The Bertz CT molecular complexity index is 940. The highest BCUT2D eigenvalue weighted by molar-refractivity contribution is 5.91. The molecule has 1 saturated heterocycles. The number of fused-ring (bicyclic) bond motifs is 4. The van der Waals surface area contributed by atoms with Crippen LogP contribution in [-0.4, -0.2) is 28.5 Å². The molecule has 2 aliphatic heterocycles. The predicted molar refractivity (Wildman–Crippen MR) is 112 cm³/mol. The first-order valence-electron chi connectivity index (χ1n) is 10.3. The molecule has 1 amide bonds. The third kappa shape index (κ3) is 3.96. The smallest absolute Gasteiger partial charge is 0.250 e. The molecule has 3 heterocycles. The summed E-state index contributed by atoms with van der Waals surface area (Å²) >= 11 is 0. The summed E-state index contributed by atoms with van der Waals surface area (Å²) in [5.41, 5.74) is 3.53. The van der Waals surface area contributed by atoms with Crippen molar-refractivity contribution in [1.29, 1.82) is 0 Å². The molecule has 2 aliphatic rings. The molecule has 2 atom stereocenters. The third-order valence-electron chi connectivity index (χ3n) is 5.83. The lowest BCUT2D eigenvalue weighted by atomic mass is 9.83. The van der Waals surface area contributed by atoms with Gasteiger partial charge >= 0.3 is 0 Å². The Labute approximate surface area is 166 Å². The zero-order chi connectivity index (χ0) is 19.7. The fourth-order valence-electron chi connectivity index (χ4n) is 4.59. The van der Waals surface area contributed by atoms with Crippen LogP contribution in [0.15, 0.2) is 53.3 Å². The maximum absolute atomic E-state index is 12.8. The number of likely N-dealkylation sites (tertiary alicyclic amines) is 1. The Morgan fingerprint density at radius 2 is 1.89 bits per heavy atom. The summed E-state index contributed by atoms with van der Waals surface area (Å²) in [4.78, 5) is 26.8. The molecule has 2 unspecified atom stereocenters. The highest BCUT2D eigenvalue weighted by Gasteiger charge is 2.35. The van der Waals surface area contributed by atoms with Crippen molar-refractivity contribution < 1.29 is 4.79 Å². The van der Waals surface area contributed by atoms with Gasteiger partial charge in [0, 0.05) is 43.4 Å². The minimum atomic E-state index is 0.0627. The van der Waals surface area contributed by atoms with Gasteiger partial charge in [-0.15, -0.1) is 0 Å². The predicted octanol–water partition coefficient (Wildman–Crippen LogP) is 3.71. The zero-order valence-corrected chi connectivity index (χ0v) is 16.7. The van der Waals surface area contributed by atoms with Gasteiger partial charge in [-0.25, -0.2) is 0 Å². The van der Waals surface area contributed by atoms with Gasteiger partial charge in [-0.05, 0) is 47.9 Å². The van der Waals surface area contributed by atoms with Crippen LogP contribution in [0.2, 0.25) is 0 Å². The van der Waals surface area contributed by atoms with E-state index in [1.54, 1.807) is 12.1 Å². The molecule has 1 aromatic heterocycles. The number of nitrogens with zero attached hydrogens (tertiary/aromatic N) is 2. The number of carbonyl (C=O) groups is 1. The average molecular weight is 377 g/mol. The summed E-state index contributed by atoms with van der Waals surface area (Å²) in [5, 5.41) is 0. The summed E-state index contributed by atoms with van der Waals surface area (Å²) in [7, 11) is 0. The monoisotopic (exact) mass is 376 g/mol. The molecule has 0 radical (unpaired) electrons. The summed E-state index contributed by atoms with van der Waals surface area (Å²) in [6.45, 7) is 6.57. The second-order valence-electron chi connectivity index (χ2n) is 8.61. The number of pyridine rings is 1. The molecular formula is C24H28N2O2. The minimum absolute atomic E-state index is 0.0627. The molecule has 2 bridgehead atoms. The SMILES string of the molecule is CC(C)Cc1ccc(C=CC(=O)N2CC3CC(C2)c2cccc(=O)n2C3)cc1. The molecular weight excluding hydrogens is 348 g/mol. The Morgan fingerprint density at radius 1 is 1.11 bits per heavy atom. The maximum Gasteiger partial charge on any atom is 0.250 e. The number of aromatic nitrogens is 1. The van der Waals surface area contributed by atoms with Gasteiger partial charge in [0.05, 0.1) is 0 Å². The first kappa shape index (κ1) is 18.7. The lowest BCUT2D eigenvalue weighted by molar-refractivity contribution is -0.128. The number of benzene rings is 1. The van der Waals surface area contributed by atoms with Crippen LogP contribution in [0.1, 0.15) is 43.0 Å². The first-order valence-corrected chi connectivity index (χ1v) is 10.3. The van der Waals surface area contributed by atoms with Gasteiger partial charge < -0.3 is 9.47 Å². The molecule has 0 aliphatic carbocycles. The molecule has 0 spiro atoms. The second kappa shape index (κ2) is 7.78. The Hall–Kier alpha value is -2.62. The zero-order valence-electron chi connectivity index (χ0n) is 16.7. The molecule has 1 aromatic carbocycles. The van der Waals surface area contributed by atoms with E-state index in [4.69, 9.17) is 0 Å². The van der Waals surface area contributed by atoms with Crippen LogP contribution in [0.3, 0.4) is 0 Å². The van der Waals surface area contributed by atoms with E-state index < -0.39 is 0 Å². The van der Waals surface area contributed by atoms with Crippen molar-refractivity contribution in [2.45, 2.75) is 39.2 Å². The van der Waals surface area contributed by atoms with Crippen molar-refractivity contribution in [3.63, 3.8) is 0 Å². The van der Waals surface area contributed by atoms with E-state index in [1.807, 2.05) is 27.7 Å². The maximum atomic E-state index is 12.8. The summed E-state index contributed by atoms with van der Waals surface area (Å²) in [6, 6.07) is 13.9. The van der Waals surface area contributed by atoms with Crippen LogP contribution in [0.5, 0.6) is 0 Å². The van der Waals surface area contributed by atoms with Crippen LogP contribution in [0.4, 0.5) is 0 Å². The van der Waals surface area contributed by atoms with E-state index >= 15 is 0 Å². The molecule has 2 aromatic rings. The molecule has 0 saturated carbocycles. The fraction of sp³-hybridized carbons (Fsp3) is 0.417. The second-order valence-corrected chi connectivity index (χ2v) is 8.61. The van der Waals surface area contributed by atoms with Gasteiger partial charge in [-0.3, -0.25) is 9.59 Å². The standard InChI is InChI=1S/C24H28N2O2/c1-17(2)12-19-8-6-18(7-9-19)10-11-23(27)25-14-20-13-21(16-25)22-4-3-5-24(28)26(22)15-20/h3-11,17,20-21H,12-16H2,1-2H3. The van der Waals surface area contributed by atoms with Crippen molar-refractivity contribution in [2.24, 2.45) is 11.8 Å². The van der Waals surface area contributed by atoms with Gasteiger partial charge in [-0.2, -0.15) is 0 Å². The normalized spacial score (nSPS) is 21.2. The van der Waals surface area contributed by atoms with Gasteiger partial charge in [0.1, 0.15) is 0 Å². The van der Waals surface area contributed by atoms with Gasteiger partial charge in [0.2, 0.25) is 5.91 Å². The molecule has 28 heavy (non-hydrogen) atoms. The third-order valence-corrected chi connectivity index (χ3v) is 5.83. The van der Waals surface area contributed by atoms with Crippen LogP contribution in [-0.2, 0) is 17.8 Å². The average Bonchev–Trinajstić information content (AvgIpc) is 2.67. The Morgan fingerprint density at radius 3 is 2.64 bits per heavy atom. The summed E-state index contributed by atoms with van der Waals surface area (Å²) in [6.07, 6.45) is 5.74. The van der Waals surface area contributed by atoms with Gasteiger partial charge in [-0.1, -0.05) is 44.2 Å². The molecule has 0 N–H and O–H groups in total. The lowest BCUT2D eigenvalue weighted by Gasteiger charge is -2.42. The first-order chi connectivity index (χ1) is 13.5. The number of piperidine rings is 1. The van der Waals surface area contributed by atoms with Crippen LogP contribution in [0.25, 0.3) is 6.08 Å². The number of carbonyl (C=O) groups excluding carboxylic acids is 1. The molecule has 4 rings (SSSR count). The highest BCUT2D eigenvalue weighted by Crippen LogP contribution is 2.35. The largest absolute Gasteiger partial charge is 0.338 e. The number of hydrogen-bond acceptors (Lipinski definition) is 2. The van der Waals surface area contributed by atoms with E-state index in [0.717, 1.165) is 37.2 Å². The van der Waals surface area contributed by atoms with Crippen LogP contribution < -0.4 is 5.56 Å². The van der Waals surface area contributed by atoms with E-state index in [0.29, 0.717) is 18.4 Å². The van der Waals surface area contributed by atoms with Crippen molar-refractivity contribution in [3.8, 4) is 0 Å². The van der Waals surface area contributed by atoms with E-state index in [1.165, 1.54) is 5.56 Å². The molecule has 146 valence electrons. The number of hydrogen-bond donors (Lipinski definition) is 0. The fourth-order valence-corrected chi connectivity index (χ4v) is 4.59. The molecule has 1 fully saturated rings. The highest BCUT2D eigenvalue weighted by atomic mass is 16.2. The van der Waals surface area contributed by atoms with Crippen molar-refractivity contribution >= 4 is 12.0 Å². The minimum Gasteiger partial charge on any atom is -0.338 e. The summed E-state index contributed by atoms with van der Waals surface area (Å²) < 4.78 is 1.90. The Kier molecular flexibility index (Phi) is 5.21. The van der Waals surface area contributed by atoms with E-state index in [2.05, 4.69) is 38.1 Å². The quantitative estimate of drug-likeness (QED) is 0.764. The van der Waals surface area contributed by atoms with Crippen molar-refractivity contribution in [1.82, 2.24) is 9.47 Å². The lowest BCUT2D eigenvalue weighted by Crippen LogP contribution is -2.48. The van der Waals surface area contributed by atoms with Crippen LogP contribution >= 0.6 is 0 Å². The molecule has 4 heteroatoms.